The predicted molar refractivity (Wildman–Crippen MR) is 89.5 cm³/mol. The van der Waals surface area contributed by atoms with Gasteiger partial charge in [-0.25, -0.2) is 4.68 Å². The number of aromatic nitrogens is 4. The van der Waals surface area contributed by atoms with E-state index >= 15 is 0 Å². The lowest BCUT2D eigenvalue weighted by molar-refractivity contribution is -0.137. The van der Waals surface area contributed by atoms with E-state index in [1.165, 1.54) is 23.1 Å². The van der Waals surface area contributed by atoms with Gasteiger partial charge < -0.3 is 10.1 Å². The number of rotatable bonds is 5. The van der Waals surface area contributed by atoms with Gasteiger partial charge in [0.05, 0.1) is 11.3 Å². The van der Waals surface area contributed by atoms with Crippen LogP contribution in [0.25, 0.3) is 5.69 Å². The summed E-state index contributed by atoms with van der Waals surface area (Å²) >= 11 is 0. The predicted octanol–water partition coefficient (Wildman–Crippen LogP) is 3.01. The molecule has 0 aliphatic heterocycles. The number of amides is 1. The van der Waals surface area contributed by atoms with Crippen LogP contribution in [0.4, 0.5) is 18.9 Å². The quantitative estimate of drug-likeness (QED) is 0.739. The lowest BCUT2D eigenvalue weighted by Crippen LogP contribution is -2.21. The average molecular weight is 377 g/mol. The fourth-order valence-electron chi connectivity index (χ4n) is 2.24. The number of nitrogens with one attached hydrogen (secondary N) is 1. The van der Waals surface area contributed by atoms with E-state index in [0.717, 1.165) is 17.7 Å². The molecule has 1 heterocycles. The summed E-state index contributed by atoms with van der Waals surface area (Å²) in [6.07, 6.45) is -3.00. The lowest BCUT2D eigenvalue weighted by atomic mass is 10.2. The third-order valence-electron chi connectivity index (χ3n) is 3.66. The van der Waals surface area contributed by atoms with Crippen LogP contribution < -0.4 is 10.1 Å². The monoisotopic (exact) mass is 377 g/mol. The van der Waals surface area contributed by atoms with Crippen LogP contribution in [0.1, 0.15) is 11.1 Å². The van der Waals surface area contributed by atoms with Gasteiger partial charge in [-0.05, 0) is 59.3 Å². The van der Waals surface area contributed by atoms with Crippen molar-refractivity contribution < 1.29 is 22.7 Å². The Bertz CT molecular complexity index is 925. The number of ether oxygens (including phenoxy) is 1. The Labute approximate surface area is 151 Å². The normalized spacial score (nSPS) is 11.3. The number of halogens is 3. The molecule has 0 spiro atoms. The van der Waals surface area contributed by atoms with Gasteiger partial charge in [0.2, 0.25) is 0 Å². The van der Waals surface area contributed by atoms with Crippen LogP contribution in [-0.4, -0.2) is 32.7 Å². The minimum Gasteiger partial charge on any atom is -0.484 e. The van der Waals surface area contributed by atoms with Crippen LogP contribution in [0, 0.1) is 6.92 Å². The molecule has 10 heteroatoms. The molecule has 0 radical (unpaired) electrons. The maximum absolute atomic E-state index is 12.5. The fourth-order valence-corrected chi connectivity index (χ4v) is 2.24. The second kappa shape index (κ2) is 7.44. The zero-order chi connectivity index (χ0) is 19.4. The van der Waals surface area contributed by atoms with Gasteiger partial charge in [0, 0.05) is 5.69 Å². The number of carbonyl (C=O) groups is 1. The molecule has 3 rings (SSSR count). The Balaban J connectivity index is 1.62. The molecule has 7 nitrogen and oxygen atoms in total. The number of tetrazole rings is 1. The summed E-state index contributed by atoms with van der Waals surface area (Å²) in [6, 6.07) is 9.41. The van der Waals surface area contributed by atoms with Crippen LogP contribution in [0.2, 0.25) is 0 Å². The first kappa shape index (κ1) is 18.4. The van der Waals surface area contributed by atoms with Crippen molar-refractivity contribution in [3.63, 3.8) is 0 Å². The zero-order valence-corrected chi connectivity index (χ0v) is 14.1. The molecule has 1 aromatic heterocycles. The van der Waals surface area contributed by atoms with Gasteiger partial charge in [-0.15, -0.1) is 5.10 Å². The molecule has 0 fully saturated rings. The van der Waals surface area contributed by atoms with Crippen molar-refractivity contribution in [1.29, 1.82) is 0 Å². The Kier molecular flexibility index (Phi) is 5.06. The van der Waals surface area contributed by atoms with Crippen molar-refractivity contribution in [1.82, 2.24) is 20.2 Å². The highest BCUT2D eigenvalue weighted by Crippen LogP contribution is 2.30. The average Bonchev–Trinajstić information content (AvgIpc) is 3.16. The third kappa shape index (κ3) is 4.60. The molecule has 0 atom stereocenters. The number of hydrogen-bond acceptors (Lipinski definition) is 5. The molecule has 1 amide bonds. The Morgan fingerprint density at radius 1 is 1.19 bits per heavy atom. The van der Waals surface area contributed by atoms with E-state index in [1.54, 1.807) is 18.2 Å². The van der Waals surface area contributed by atoms with Crippen molar-refractivity contribution in [3.8, 4) is 11.4 Å². The van der Waals surface area contributed by atoms with Gasteiger partial charge in [-0.3, -0.25) is 4.79 Å². The van der Waals surface area contributed by atoms with E-state index in [9.17, 15) is 18.0 Å². The van der Waals surface area contributed by atoms with E-state index in [4.69, 9.17) is 4.74 Å². The molecule has 2 aromatic carbocycles. The largest absolute Gasteiger partial charge is 0.484 e. The lowest BCUT2D eigenvalue weighted by Gasteiger charge is -2.12. The number of carbonyl (C=O) groups excluding carboxylic acids is 1. The maximum atomic E-state index is 12.5. The smallest absolute Gasteiger partial charge is 0.416 e. The third-order valence-corrected chi connectivity index (χ3v) is 3.66. The molecule has 140 valence electrons. The van der Waals surface area contributed by atoms with Crippen molar-refractivity contribution >= 4 is 11.6 Å². The first-order valence-corrected chi connectivity index (χ1v) is 7.77. The zero-order valence-electron chi connectivity index (χ0n) is 14.1. The highest BCUT2D eigenvalue weighted by atomic mass is 19.4. The molecule has 0 unspecified atom stereocenters. The first-order valence-electron chi connectivity index (χ1n) is 7.77. The molecule has 0 aliphatic carbocycles. The maximum Gasteiger partial charge on any atom is 0.416 e. The molecular formula is C17H14F3N5O2. The van der Waals surface area contributed by atoms with Crippen molar-refractivity contribution in [2.75, 3.05) is 11.9 Å². The molecule has 0 saturated heterocycles. The Morgan fingerprint density at radius 3 is 2.56 bits per heavy atom. The standard InChI is InChI=1S/C17H14F3N5O2/c1-11-2-5-13(25-10-21-23-24-25)8-15(11)22-16(26)9-27-14-6-3-12(4-7-14)17(18,19)20/h2-8,10H,9H2,1H3,(H,22,26). The summed E-state index contributed by atoms with van der Waals surface area (Å²) in [4.78, 5) is 12.1. The summed E-state index contributed by atoms with van der Waals surface area (Å²) in [5.74, 6) is -0.288. The molecular weight excluding hydrogens is 363 g/mol. The van der Waals surface area contributed by atoms with Gasteiger partial charge in [0.15, 0.2) is 6.61 Å². The van der Waals surface area contributed by atoms with Gasteiger partial charge in [0.25, 0.3) is 5.91 Å². The molecule has 0 bridgehead atoms. The van der Waals surface area contributed by atoms with Crippen molar-refractivity contribution in [2.24, 2.45) is 0 Å². The number of aryl methyl sites for hydroxylation is 1. The molecule has 27 heavy (non-hydrogen) atoms. The number of hydrogen-bond donors (Lipinski definition) is 1. The van der Waals surface area contributed by atoms with Crippen LogP contribution in [0.15, 0.2) is 48.8 Å². The minimum absolute atomic E-state index is 0.164. The van der Waals surface area contributed by atoms with E-state index in [0.29, 0.717) is 11.4 Å². The summed E-state index contributed by atoms with van der Waals surface area (Å²) < 4.78 is 44.3. The fraction of sp³-hybridized carbons (Fsp3) is 0.176. The van der Waals surface area contributed by atoms with Gasteiger partial charge in [-0.1, -0.05) is 6.07 Å². The van der Waals surface area contributed by atoms with Crippen LogP contribution in [0.5, 0.6) is 5.75 Å². The van der Waals surface area contributed by atoms with Gasteiger partial charge in [-0.2, -0.15) is 13.2 Å². The van der Waals surface area contributed by atoms with Crippen molar-refractivity contribution in [2.45, 2.75) is 13.1 Å². The van der Waals surface area contributed by atoms with Crippen LogP contribution in [-0.2, 0) is 11.0 Å². The minimum atomic E-state index is -4.42. The highest BCUT2D eigenvalue weighted by molar-refractivity contribution is 5.92. The van der Waals surface area contributed by atoms with Gasteiger partial charge >= 0.3 is 6.18 Å². The summed E-state index contributed by atoms with van der Waals surface area (Å²) in [5.41, 5.74) is 1.23. The van der Waals surface area contributed by atoms with E-state index in [1.807, 2.05) is 6.92 Å². The summed E-state index contributed by atoms with van der Waals surface area (Å²) in [6.45, 7) is 1.47. The van der Waals surface area contributed by atoms with E-state index in [-0.39, 0.29) is 12.4 Å². The second-order valence-corrected chi connectivity index (χ2v) is 5.61. The van der Waals surface area contributed by atoms with Crippen molar-refractivity contribution in [3.05, 3.63) is 59.9 Å². The van der Waals surface area contributed by atoms with Crippen LogP contribution in [0.3, 0.4) is 0 Å². The van der Waals surface area contributed by atoms with E-state index < -0.39 is 17.6 Å². The summed E-state index contributed by atoms with van der Waals surface area (Å²) in [7, 11) is 0. The van der Waals surface area contributed by atoms with E-state index in [2.05, 4.69) is 20.8 Å². The molecule has 3 aromatic rings. The summed E-state index contributed by atoms with van der Waals surface area (Å²) in [5, 5.41) is 13.6. The van der Waals surface area contributed by atoms with Crippen LogP contribution >= 0.6 is 0 Å². The molecule has 0 aliphatic rings. The Morgan fingerprint density at radius 2 is 1.93 bits per heavy atom. The number of alkyl halides is 3. The second-order valence-electron chi connectivity index (χ2n) is 5.61. The topological polar surface area (TPSA) is 81.9 Å². The van der Waals surface area contributed by atoms with Gasteiger partial charge in [0.1, 0.15) is 12.1 Å². The molecule has 0 saturated carbocycles. The highest BCUT2D eigenvalue weighted by Gasteiger charge is 2.30. The number of benzene rings is 2. The number of nitrogens with zero attached hydrogens (tertiary/aromatic N) is 4. The molecule has 1 N–H and O–H groups in total. The Hall–Kier alpha value is -3.43. The number of anilines is 1. The first-order chi connectivity index (χ1) is 12.8. The SMILES string of the molecule is Cc1ccc(-n2cnnn2)cc1NC(=O)COc1ccc(C(F)(F)F)cc1.